The van der Waals surface area contributed by atoms with Gasteiger partial charge in [-0.05, 0) is 23.8 Å². The van der Waals surface area contributed by atoms with Crippen LogP contribution in [0.3, 0.4) is 0 Å². The second-order valence-corrected chi connectivity index (χ2v) is 7.36. The summed E-state index contributed by atoms with van der Waals surface area (Å²) in [6.45, 7) is 7.33. The Bertz CT molecular complexity index is 480. The van der Waals surface area contributed by atoms with Gasteiger partial charge in [-0.25, -0.2) is 9.59 Å². The summed E-state index contributed by atoms with van der Waals surface area (Å²) in [6.07, 6.45) is 0.759. The van der Waals surface area contributed by atoms with Crippen LogP contribution in [0.2, 0.25) is 0 Å². The van der Waals surface area contributed by atoms with Crippen LogP contribution in [-0.4, -0.2) is 41.1 Å². The molecule has 1 rings (SSSR count). The Kier molecular flexibility index (Phi) is 5.78. The molecular formula is C15H24N2O3S. The first-order valence-corrected chi connectivity index (χ1v) is 7.79. The number of hydrogen-bond acceptors (Lipinski definition) is 3. The predicted octanol–water partition coefficient (Wildman–Crippen LogP) is 2.82. The standard InChI is InChI=1S/C15H24N2O3S/c1-10(9-11-7-6-8-21-11)17(5)14(20)16-12(13(18)19)15(2,3)4/h6-8,10,12H,9H2,1-5H3,(H,16,20)(H,18,19). The molecule has 2 unspecified atom stereocenters. The van der Waals surface area contributed by atoms with Crippen LogP contribution in [-0.2, 0) is 11.2 Å². The first-order valence-electron chi connectivity index (χ1n) is 6.91. The second kappa shape index (κ2) is 6.93. The van der Waals surface area contributed by atoms with Gasteiger partial charge < -0.3 is 15.3 Å². The minimum atomic E-state index is -1.02. The van der Waals surface area contributed by atoms with Gasteiger partial charge in [0.15, 0.2) is 0 Å². The monoisotopic (exact) mass is 312 g/mol. The number of amides is 2. The lowest BCUT2D eigenvalue weighted by Crippen LogP contribution is -2.54. The van der Waals surface area contributed by atoms with Crippen molar-refractivity contribution in [3.8, 4) is 0 Å². The Morgan fingerprint density at radius 3 is 2.48 bits per heavy atom. The lowest BCUT2D eigenvalue weighted by atomic mass is 9.87. The molecule has 118 valence electrons. The molecule has 1 aromatic rings. The SMILES string of the molecule is CC(Cc1cccs1)N(C)C(=O)NC(C(=O)O)C(C)(C)C. The number of thiophene rings is 1. The zero-order chi connectivity index (χ0) is 16.2. The zero-order valence-electron chi connectivity index (χ0n) is 13.2. The molecule has 0 aliphatic rings. The number of carbonyl (C=O) groups excluding carboxylic acids is 1. The minimum absolute atomic E-state index is 0.00179. The van der Waals surface area contributed by atoms with Gasteiger partial charge in [0, 0.05) is 24.4 Å². The molecule has 0 aromatic carbocycles. The van der Waals surface area contributed by atoms with Gasteiger partial charge in [-0.2, -0.15) is 0 Å². The molecule has 0 saturated heterocycles. The summed E-state index contributed by atoms with van der Waals surface area (Å²) < 4.78 is 0. The predicted molar refractivity (Wildman–Crippen MR) is 84.7 cm³/mol. The van der Waals surface area contributed by atoms with Crippen molar-refractivity contribution >= 4 is 23.3 Å². The number of likely N-dealkylation sites (N-methyl/N-ethyl adjacent to an activating group) is 1. The van der Waals surface area contributed by atoms with Crippen LogP contribution in [0, 0.1) is 5.41 Å². The van der Waals surface area contributed by atoms with Gasteiger partial charge in [0.2, 0.25) is 0 Å². The summed E-state index contributed by atoms with van der Waals surface area (Å²) in [5, 5.41) is 13.9. The summed E-state index contributed by atoms with van der Waals surface area (Å²) in [5.41, 5.74) is -0.542. The number of nitrogens with zero attached hydrogens (tertiary/aromatic N) is 1. The largest absolute Gasteiger partial charge is 0.480 e. The van der Waals surface area contributed by atoms with E-state index in [1.165, 1.54) is 4.88 Å². The van der Waals surface area contributed by atoms with Crippen LogP contribution < -0.4 is 5.32 Å². The Hall–Kier alpha value is -1.56. The first kappa shape index (κ1) is 17.5. The van der Waals surface area contributed by atoms with Gasteiger partial charge in [-0.15, -0.1) is 11.3 Å². The number of nitrogens with one attached hydrogen (secondary N) is 1. The summed E-state index contributed by atoms with van der Waals surface area (Å²) in [4.78, 5) is 26.3. The maximum atomic E-state index is 12.2. The van der Waals surface area contributed by atoms with Crippen LogP contribution in [0.4, 0.5) is 4.79 Å². The zero-order valence-corrected chi connectivity index (χ0v) is 14.0. The van der Waals surface area contributed by atoms with E-state index in [9.17, 15) is 14.7 Å². The molecule has 0 aliphatic heterocycles. The van der Waals surface area contributed by atoms with Crippen LogP contribution in [0.5, 0.6) is 0 Å². The number of hydrogen-bond donors (Lipinski definition) is 2. The molecule has 0 radical (unpaired) electrons. The van der Waals surface area contributed by atoms with Gasteiger partial charge in [0.05, 0.1) is 0 Å². The first-order chi connectivity index (χ1) is 9.62. The Labute approximate surface area is 130 Å². The summed E-state index contributed by atoms with van der Waals surface area (Å²) in [6, 6.07) is 2.73. The van der Waals surface area contributed by atoms with Gasteiger partial charge in [-0.3, -0.25) is 0 Å². The molecule has 1 heterocycles. The third-order valence-corrected chi connectivity index (χ3v) is 4.34. The quantitative estimate of drug-likeness (QED) is 0.878. The van der Waals surface area contributed by atoms with E-state index in [-0.39, 0.29) is 12.1 Å². The van der Waals surface area contributed by atoms with Gasteiger partial charge in [0.1, 0.15) is 6.04 Å². The lowest BCUT2D eigenvalue weighted by molar-refractivity contribution is -0.142. The topological polar surface area (TPSA) is 69.6 Å². The number of rotatable bonds is 5. The van der Waals surface area contributed by atoms with E-state index < -0.39 is 17.4 Å². The van der Waals surface area contributed by atoms with Crippen LogP contribution in [0.1, 0.15) is 32.6 Å². The summed E-state index contributed by atoms with van der Waals surface area (Å²) in [5.74, 6) is -1.02. The molecular weight excluding hydrogens is 288 g/mol. The van der Waals surface area contributed by atoms with Crippen molar-refractivity contribution in [2.75, 3.05) is 7.05 Å². The van der Waals surface area contributed by atoms with Gasteiger partial charge in [-0.1, -0.05) is 26.8 Å². The van der Waals surface area contributed by atoms with E-state index in [4.69, 9.17) is 0 Å². The minimum Gasteiger partial charge on any atom is -0.480 e. The molecule has 21 heavy (non-hydrogen) atoms. The lowest BCUT2D eigenvalue weighted by Gasteiger charge is -2.31. The van der Waals surface area contributed by atoms with E-state index in [0.717, 1.165) is 6.42 Å². The Balaban J connectivity index is 2.66. The van der Waals surface area contributed by atoms with Crippen LogP contribution >= 0.6 is 11.3 Å². The molecule has 0 bridgehead atoms. The van der Waals surface area contributed by atoms with Gasteiger partial charge in [0.25, 0.3) is 0 Å². The normalized spacial score (nSPS) is 14.3. The highest BCUT2D eigenvalue weighted by Crippen LogP contribution is 2.20. The van der Waals surface area contributed by atoms with Gasteiger partial charge >= 0.3 is 12.0 Å². The number of carboxylic acid groups (broad SMARTS) is 1. The molecule has 1 aromatic heterocycles. The van der Waals surface area contributed by atoms with Crippen molar-refractivity contribution in [3.63, 3.8) is 0 Å². The molecule has 2 N–H and O–H groups in total. The molecule has 2 amide bonds. The highest BCUT2D eigenvalue weighted by atomic mass is 32.1. The number of urea groups is 1. The van der Waals surface area contributed by atoms with E-state index in [0.29, 0.717) is 0 Å². The fourth-order valence-electron chi connectivity index (χ4n) is 1.93. The van der Waals surface area contributed by atoms with E-state index >= 15 is 0 Å². The summed E-state index contributed by atoms with van der Waals surface area (Å²) >= 11 is 1.65. The van der Waals surface area contributed by atoms with Crippen molar-refractivity contribution in [1.82, 2.24) is 10.2 Å². The summed E-state index contributed by atoms with van der Waals surface area (Å²) in [7, 11) is 1.69. The van der Waals surface area contributed by atoms with Crippen LogP contribution in [0.15, 0.2) is 17.5 Å². The van der Waals surface area contributed by atoms with E-state index in [1.807, 2.05) is 24.4 Å². The second-order valence-electron chi connectivity index (χ2n) is 6.33. The van der Waals surface area contributed by atoms with Crippen LogP contribution in [0.25, 0.3) is 0 Å². The third-order valence-electron chi connectivity index (χ3n) is 3.44. The highest BCUT2D eigenvalue weighted by Gasteiger charge is 2.33. The average Bonchev–Trinajstić information content (AvgIpc) is 2.85. The number of carboxylic acids is 1. The molecule has 5 nitrogen and oxygen atoms in total. The van der Waals surface area contributed by atoms with Crippen molar-refractivity contribution in [2.45, 2.75) is 46.2 Å². The van der Waals surface area contributed by atoms with Crippen molar-refractivity contribution in [3.05, 3.63) is 22.4 Å². The number of aliphatic carboxylic acids is 1. The third kappa shape index (κ3) is 5.04. The van der Waals surface area contributed by atoms with Crippen molar-refractivity contribution in [2.24, 2.45) is 5.41 Å². The molecule has 0 spiro atoms. The maximum Gasteiger partial charge on any atom is 0.326 e. The van der Waals surface area contributed by atoms with E-state index in [2.05, 4.69) is 5.32 Å². The smallest absolute Gasteiger partial charge is 0.326 e. The Morgan fingerprint density at radius 1 is 1.43 bits per heavy atom. The number of carbonyl (C=O) groups is 2. The van der Waals surface area contributed by atoms with Crippen molar-refractivity contribution in [1.29, 1.82) is 0 Å². The fourth-order valence-corrected chi connectivity index (χ4v) is 2.76. The van der Waals surface area contributed by atoms with Crippen molar-refractivity contribution < 1.29 is 14.7 Å². The maximum absolute atomic E-state index is 12.2. The average molecular weight is 312 g/mol. The molecule has 0 saturated carbocycles. The fraction of sp³-hybridized carbons (Fsp3) is 0.600. The highest BCUT2D eigenvalue weighted by molar-refractivity contribution is 7.09. The molecule has 0 aliphatic carbocycles. The molecule has 2 atom stereocenters. The molecule has 0 fully saturated rings. The Morgan fingerprint density at radius 2 is 2.05 bits per heavy atom. The molecule has 6 heteroatoms. The van der Waals surface area contributed by atoms with E-state index in [1.54, 1.807) is 44.1 Å².